The van der Waals surface area contributed by atoms with E-state index in [4.69, 9.17) is 4.74 Å². The zero-order chi connectivity index (χ0) is 17.0. The van der Waals surface area contributed by atoms with E-state index in [1.54, 1.807) is 0 Å². The Kier molecular flexibility index (Phi) is 5.85. The Balaban J connectivity index is 1.68. The van der Waals surface area contributed by atoms with Gasteiger partial charge in [-0.25, -0.2) is 9.97 Å². The highest BCUT2D eigenvalue weighted by Gasteiger charge is 2.38. The van der Waals surface area contributed by atoms with Crippen LogP contribution >= 0.6 is 0 Å². The average molecular weight is 332 g/mol. The van der Waals surface area contributed by atoms with Gasteiger partial charge in [-0.1, -0.05) is 6.42 Å². The Morgan fingerprint density at radius 3 is 2.58 bits per heavy atom. The number of rotatable bonds is 5. The molecular formula is C19H32N4O. The largest absolute Gasteiger partial charge is 0.381 e. The van der Waals surface area contributed by atoms with Gasteiger partial charge in [-0.3, -0.25) is 4.90 Å². The maximum Gasteiger partial charge on any atom is 0.125 e. The lowest BCUT2D eigenvalue weighted by molar-refractivity contribution is -0.0366. The molecule has 5 nitrogen and oxygen atoms in total. The van der Waals surface area contributed by atoms with Gasteiger partial charge >= 0.3 is 0 Å². The highest BCUT2D eigenvalue weighted by atomic mass is 16.5. The first kappa shape index (κ1) is 17.8. The summed E-state index contributed by atoms with van der Waals surface area (Å²) >= 11 is 0. The first-order valence-corrected chi connectivity index (χ1v) is 9.47. The number of nitrogens with one attached hydrogen (secondary N) is 1. The molecule has 1 unspecified atom stereocenters. The molecule has 2 saturated heterocycles. The molecule has 1 aromatic rings. The van der Waals surface area contributed by atoms with Crippen molar-refractivity contribution in [2.75, 3.05) is 32.8 Å². The maximum atomic E-state index is 5.66. The number of likely N-dealkylation sites (tertiary alicyclic amines) is 1. The highest BCUT2D eigenvalue weighted by molar-refractivity contribution is 5.19. The lowest BCUT2D eigenvalue weighted by Gasteiger charge is -2.48. The van der Waals surface area contributed by atoms with E-state index in [-0.39, 0.29) is 11.6 Å². The monoisotopic (exact) mass is 332 g/mol. The molecule has 3 rings (SSSR count). The van der Waals surface area contributed by atoms with Crippen molar-refractivity contribution in [1.82, 2.24) is 20.2 Å². The minimum atomic E-state index is 0.256. The van der Waals surface area contributed by atoms with E-state index in [2.05, 4.69) is 34.0 Å². The third kappa shape index (κ3) is 3.95. The molecule has 0 aromatic carbocycles. The number of nitrogens with zero attached hydrogens (tertiary/aromatic N) is 3. The zero-order valence-corrected chi connectivity index (χ0v) is 15.5. The van der Waals surface area contributed by atoms with E-state index in [9.17, 15) is 0 Å². The van der Waals surface area contributed by atoms with Gasteiger partial charge in [0.1, 0.15) is 5.82 Å². The summed E-state index contributed by atoms with van der Waals surface area (Å²) in [6, 6.07) is 0.273. The topological polar surface area (TPSA) is 50.3 Å². The Hall–Kier alpha value is -1.04. The molecule has 5 heteroatoms. The van der Waals surface area contributed by atoms with Crippen LogP contribution in [0.3, 0.4) is 0 Å². The molecule has 134 valence electrons. The van der Waals surface area contributed by atoms with Crippen LogP contribution < -0.4 is 5.32 Å². The molecule has 0 radical (unpaired) electrons. The van der Waals surface area contributed by atoms with Gasteiger partial charge in [0.25, 0.3) is 0 Å². The van der Waals surface area contributed by atoms with Crippen molar-refractivity contribution in [3.05, 3.63) is 23.3 Å². The molecule has 0 saturated carbocycles. The van der Waals surface area contributed by atoms with Gasteiger partial charge in [0, 0.05) is 48.8 Å². The van der Waals surface area contributed by atoms with Crippen molar-refractivity contribution in [2.24, 2.45) is 0 Å². The van der Waals surface area contributed by atoms with Crippen molar-refractivity contribution in [1.29, 1.82) is 0 Å². The van der Waals surface area contributed by atoms with Crippen molar-refractivity contribution in [2.45, 2.75) is 64.5 Å². The van der Waals surface area contributed by atoms with Crippen LogP contribution in [-0.4, -0.2) is 53.3 Å². The molecule has 0 amide bonds. The first-order valence-electron chi connectivity index (χ1n) is 9.47. The maximum absolute atomic E-state index is 5.66. The number of hydrogen-bond donors (Lipinski definition) is 1. The quantitative estimate of drug-likeness (QED) is 0.898. The van der Waals surface area contributed by atoms with E-state index in [1.165, 1.54) is 37.9 Å². The molecule has 24 heavy (non-hydrogen) atoms. The molecule has 2 aliphatic rings. The molecule has 0 spiro atoms. The van der Waals surface area contributed by atoms with Crippen LogP contribution in [0.5, 0.6) is 0 Å². The van der Waals surface area contributed by atoms with Crippen molar-refractivity contribution in [3.63, 3.8) is 0 Å². The van der Waals surface area contributed by atoms with Crippen molar-refractivity contribution < 1.29 is 4.74 Å². The molecule has 3 heterocycles. The van der Waals surface area contributed by atoms with E-state index in [0.29, 0.717) is 0 Å². The number of aryl methyl sites for hydroxylation is 2. The number of hydrogen-bond acceptors (Lipinski definition) is 5. The van der Waals surface area contributed by atoms with Gasteiger partial charge in [0.2, 0.25) is 0 Å². The molecule has 2 fully saturated rings. The number of aromatic nitrogens is 2. The van der Waals surface area contributed by atoms with Gasteiger partial charge in [-0.2, -0.15) is 0 Å². The second-order valence-electron chi connectivity index (χ2n) is 7.44. The summed E-state index contributed by atoms with van der Waals surface area (Å²) in [5.74, 6) is 0.845. The summed E-state index contributed by atoms with van der Waals surface area (Å²) in [7, 11) is 0. The third-order valence-electron chi connectivity index (χ3n) is 5.79. The summed E-state index contributed by atoms with van der Waals surface area (Å²) < 4.78 is 5.66. The average Bonchev–Trinajstić information content (AvgIpc) is 2.61. The second-order valence-corrected chi connectivity index (χ2v) is 7.44. The van der Waals surface area contributed by atoms with Crippen molar-refractivity contribution >= 4 is 0 Å². The van der Waals surface area contributed by atoms with Gasteiger partial charge in [-0.15, -0.1) is 0 Å². The van der Waals surface area contributed by atoms with Crippen LogP contribution in [0.15, 0.2) is 6.20 Å². The summed E-state index contributed by atoms with van der Waals surface area (Å²) in [5, 5.41) is 3.79. The fourth-order valence-corrected chi connectivity index (χ4v) is 4.20. The third-order valence-corrected chi connectivity index (χ3v) is 5.79. The van der Waals surface area contributed by atoms with E-state index < -0.39 is 0 Å². The summed E-state index contributed by atoms with van der Waals surface area (Å²) in [5.41, 5.74) is 2.55. The van der Waals surface area contributed by atoms with Gasteiger partial charge in [0.15, 0.2) is 0 Å². The Morgan fingerprint density at radius 1 is 1.21 bits per heavy atom. The smallest absolute Gasteiger partial charge is 0.125 e. The first-order chi connectivity index (χ1) is 11.6. The molecule has 1 N–H and O–H groups in total. The number of ether oxygens (including phenoxy) is 1. The van der Waals surface area contributed by atoms with E-state index in [0.717, 1.165) is 44.1 Å². The minimum absolute atomic E-state index is 0.256. The zero-order valence-electron chi connectivity index (χ0n) is 15.5. The molecule has 1 aromatic heterocycles. The lowest BCUT2D eigenvalue weighted by atomic mass is 9.85. The molecule has 0 aliphatic carbocycles. The van der Waals surface area contributed by atoms with Crippen LogP contribution in [0, 0.1) is 13.8 Å². The Labute approximate surface area is 146 Å². The lowest BCUT2D eigenvalue weighted by Crippen LogP contribution is -2.59. The fraction of sp³-hybridized carbons (Fsp3) is 0.789. The molecule has 0 bridgehead atoms. The van der Waals surface area contributed by atoms with Crippen LogP contribution in [0.4, 0.5) is 0 Å². The molecule has 1 atom stereocenters. The van der Waals surface area contributed by atoms with E-state index in [1.807, 2.05) is 13.1 Å². The fourth-order valence-electron chi connectivity index (χ4n) is 4.20. The second kappa shape index (κ2) is 7.89. The van der Waals surface area contributed by atoms with Gasteiger partial charge in [-0.05, 0) is 59.5 Å². The Morgan fingerprint density at radius 2 is 1.92 bits per heavy atom. The SMILES string of the molecule is Cc1ncc(C(C)NCC2(N3CCCCC3)CCOCC2)c(C)n1. The van der Waals surface area contributed by atoms with Gasteiger partial charge in [0.05, 0.1) is 0 Å². The number of piperidine rings is 1. The Bertz CT molecular complexity index is 536. The van der Waals surface area contributed by atoms with Crippen LogP contribution in [0.1, 0.15) is 62.2 Å². The predicted molar refractivity (Wildman–Crippen MR) is 96.1 cm³/mol. The normalized spacial score (nSPS) is 23.1. The summed E-state index contributed by atoms with van der Waals surface area (Å²) in [4.78, 5) is 11.6. The highest BCUT2D eigenvalue weighted by Crippen LogP contribution is 2.31. The molecule has 2 aliphatic heterocycles. The van der Waals surface area contributed by atoms with Crippen LogP contribution in [0.25, 0.3) is 0 Å². The van der Waals surface area contributed by atoms with Crippen molar-refractivity contribution in [3.8, 4) is 0 Å². The summed E-state index contributed by atoms with van der Waals surface area (Å²) in [6.45, 7) is 11.5. The predicted octanol–water partition coefficient (Wildman–Crippen LogP) is 2.78. The molecular weight excluding hydrogens is 300 g/mol. The standard InChI is InChI=1S/C19H32N4O/c1-15(18-13-20-17(3)22-16(18)2)21-14-19(7-11-24-12-8-19)23-9-5-4-6-10-23/h13,15,21H,4-12,14H2,1-3H3. The van der Waals surface area contributed by atoms with Gasteiger partial charge < -0.3 is 10.1 Å². The van der Waals surface area contributed by atoms with Crippen LogP contribution in [-0.2, 0) is 4.74 Å². The summed E-state index contributed by atoms with van der Waals surface area (Å²) in [6.07, 6.45) is 8.30. The van der Waals surface area contributed by atoms with Crippen LogP contribution in [0.2, 0.25) is 0 Å². The van der Waals surface area contributed by atoms with E-state index >= 15 is 0 Å². The minimum Gasteiger partial charge on any atom is -0.381 e.